The maximum atomic E-state index is 10.6. The number of carbonyl (C=O) groups excluding carboxylic acids is 1. The highest BCUT2D eigenvalue weighted by molar-refractivity contribution is 5.73. The van der Waals surface area contributed by atoms with E-state index < -0.39 is 0 Å². The van der Waals surface area contributed by atoms with Gasteiger partial charge >= 0.3 is 0 Å². The summed E-state index contributed by atoms with van der Waals surface area (Å²) in [6.07, 6.45) is 0. The Morgan fingerprint density at radius 3 is 2.29 bits per heavy atom. The van der Waals surface area contributed by atoms with Crippen LogP contribution < -0.4 is 14.8 Å². The highest BCUT2D eigenvalue weighted by atomic mass is 16.5. The summed E-state index contributed by atoms with van der Waals surface area (Å²) in [5.74, 6) is 7.05. The molecule has 0 fully saturated rings. The van der Waals surface area contributed by atoms with E-state index in [1.54, 1.807) is 20.3 Å². The summed E-state index contributed by atoms with van der Waals surface area (Å²) >= 11 is 0. The van der Waals surface area contributed by atoms with Crippen molar-refractivity contribution in [2.24, 2.45) is 0 Å². The largest absolute Gasteiger partial charge is 0.497 e. The quantitative estimate of drug-likeness (QED) is 0.798. The Hall–Kier alpha value is -2.15. The van der Waals surface area contributed by atoms with Crippen molar-refractivity contribution in [2.45, 2.75) is 6.92 Å². The summed E-state index contributed by atoms with van der Waals surface area (Å²) in [5.41, 5.74) is 0.784. The second-order valence-corrected chi connectivity index (χ2v) is 3.31. The molecule has 0 aliphatic heterocycles. The standard InChI is InChI=1S/C13H15NO3/c1-10(15)14-6-4-5-11-7-12(16-2)9-13(8-11)17-3/h7-9H,6H2,1-3H3,(H,14,15). The first kappa shape index (κ1) is 12.9. The normalized spacial score (nSPS) is 8.88. The van der Waals surface area contributed by atoms with Crippen LogP contribution in [0.3, 0.4) is 0 Å². The van der Waals surface area contributed by atoms with E-state index in [-0.39, 0.29) is 5.91 Å². The third kappa shape index (κ3) is 4.47. The SMILES string of the molecule is COc1cc(C#CCNC(C)=O)cc(OC)c1. The molecule has 90 valence electrons. The van der Waals surface area contributed by atoms with Crippen LogP contribution in [0.25, 0.3) is 0 Å². The van der Waals surface area contributed by atoms with Crippen molar-refractivity contribution < 1.29 is 14.3 Å². The van der Waals surface area contributed by atoms with Crippen molar-refractivity contribution in [3.8, 4) is 23.3 Å². The number of benzene rings is 1. The average molecular weight is 233 g/mol. The summed E-state index contributed by atoms with van der Waals surface area (Å²) in [6, 6.07) is 5.39. The van der Waals surface area contributed by atoms with Crippen molar-refractivity contribution in [3.05, 3.63) is 23.8 Å². The maximum absolute atomic E-state index is 10.6. The number of hydrogen-bond donors (Lipinski definition) is 1. The first-order chi connectivity index (χ1) is 8.15. The average Bonchev–Trinajstić information content (AvgIpc) is 2.34. The highest BCUT2D eigenvalue weighted by Crippen LogP contribution is 2.21. The number of ether oxygens (including phenoxy) is 2. The van der Waals surface area contributed by atoms with Crippen LogP contribution in [0.2, 0.25) is 0 Å². The summed E-state index contributed by atoms with van der Waals surface area (Å²) in [6.45, 7) is 1.78. The lowest BCUT2D eigenvalue weighted by atomic mass is 10.2. The predicted octanol–water partition coefficient (Wildman–Crippen LogP) is 1.19. The molecular formula is C13H15NO3. The number of hydrogen-bond acceptors (Lipinski definition) is 3. The van der Waals surface area contributed by atoms with Gasteiger partial charge in [0.15, 0.2) is 0 Å². The molecule has 0 saturated carbocycles. The molecule has 17 heavy (non-hydrogen) atoms. The van der Waals surface area contributed by atoms with E-state index in [1.807, 2.05) is 12.1 Å². The fraction of sp³-hybridized carbons (Fsp3) is 0.308. The van der Waals surface area contributed by atoms with Crippen LogP contribution in [0, 0.1) is 11.8 Å². The number of rotatable bonds is 3. The second-order valence-electron chi connectivity index (χ2n) is 3.31. The Labute approximate surface area is 101 Å². The van der Waals surface area contributed by atoms with Crippen molar-refractivity contribution >= 4 is 5.91 Å². The van der Waals surface area contributed by atoms with E-state index in [4.69, 9.17) is 9.47 Å². The first-order valence-corrected chi connectivity index (χ1v) is 5.12. The van der Waals surface area contributed by atoms with Gasteiger partial charge in [0, 0.05) is 18.6 Å². The first-order valence-electron chi connectivity index (χ1n) is 5.12. The molecule has 4 heteroatoms. The zero-order valence-corrected chi connectivity index (χ0v) is 10.2. The van der Waals surface area contributed by atoms with Crippen molar-refractivity contribution in [1.29, 1.82) is 0 Å². The molecule has 0 spiro atoms. The zero-order chi connectivity index (χ0) is 12.7. The Morgan fingerprint density at radius 1 is 1.24 bits per heavy atom. The minimum atomic E-state index is -0.0949. The minimum absolute atomic E-state index is 0.0949. The molecule has 1 N–H and O–H groups in total. The molecule has 1 aromatic carbocycles. The van der Waals surface area contributed by atoms with E-state index in [9.17, 15) is 4.79 Å². The van der Waals surface area contributed by atoms with Gasteiger partial charge in [-0.15, -0.1) is 0 Å². The Morgan fingerprint density at radius 2 is 1.82 bits per heavy atom. The summed E-state index contributed by atoms with van der Waals surface area (Å²) in [7, 11) is 3.17. The molecule has 0 aromatic heterocycles. The van der Waals surface area contributed by atoms with Crippen molar-refractivity contribution in [1.82, 2.24) is 5.32 Å². The molecular weight excluding hydrogens is 218 g/mol. The van der Waals surface area contributed by atoms with Gasteiger partial charge in [-0.1, -0.05) is 11.8 Å². The van der Waals surface area contributed by atoms with Gasteiger partial charge in [0.05, 0.1) is 20.8 Å². The number of carbonyl (C=O) groups is 1. The Balaban J connectivity index is 2.79. The lowest BCUT2D eigenvalue weighted by Gasteiger charge is -2.04. The third-order valence-corrected chi connectivity index (χ3v) is 2.01. The van der Waals surface area contributed by atoms with Crippen LogP contribution in [0.5, 0.6) is 11.5 Å². The smallest absolute Gasteiger partial charge is 0.217 e. The molecule has 0 radical (unpaired) electrons. The highest BCUT2D eigenvalue weighted by Gasteiger charge is 1.99. The van der Waals surface area contributed by atoms with E-state index in [2.05, 4.69) is 17.2 Å². The molecule has 0 saturated heterocycles. The van der Waals surface area contributed by atoms with Crippen LogP contribution in [-0.4, -0.2) is 26.7 Å². The molecule has 0 atom stereocenters. The molecule has 1 amide bonds. The van der Waals surface area contributed by atoms with E-state index in [1.165, 1.54) is 6.92 Å². The lowest BCUT2D eigenvalue weighted by molar-refractivity contribution is -0.118. The lowest BCUT2D eigenvalue weighted by Crippen LogP contribution is -2.19. The Bertz CT molecular complexity index is 435. The van der Waals surface area contributed by atoms with Gasteiger partial charge in [-0.2, -0.15) is 0 Å². The predicted molar refractivity (Wildman–Crippen MR) is 65.1 cm³/mol. The van der Waals surface area contributed by atoms with E-state index in [0.717, 1.165) is 5.56 Å². The van der Waals surface area contributed by atoms with Crippen LogP contribution >= 0.6 is 0 Å². The second kappa shape index (κ2) is 6.44. The van der Waals surface area contributed by atoms with Gasteiger partial charge in [0.1, 0.15) is 11.5 Å². The maximum Gasteiger partial charge on any atom is 0.217 e. The van der Waals surface area contributed by atoms with Gasteiger partial charge in [-0.05, 0) is 12.1 Å². The summed E-state index contributed by atoms with van der Waals surface area (Å²) < 4.78 is 10.2. The number of nitrogens with one attached hydrogen (secondary N) is 1. The van der Waals surface area contributed by atoms with Gasteiger partial charge in [-0.25, -0.2) is 0 Å². The van der Waals surface area contributed by atoms with Gasteiger partial charge in [0.2, 0.25) is 5.91 Å². The molecule has 0 heterocycles. The topological polar surface area (TPSA) is 47.6 Å². The van der Waals surface area contributed by atoms with Crippen LogP contribution in [0.1, 0.15) is 12.5 Å². The van der Waals surface area contributed by atoms with E-state index >= 15 is 0 Å². The van der Waals surface area contributed by atoms with Crippen molar-refractivity contribution in [2.75, 3.05) is 20.8 Å². The fourth-order valence-electron chi connectivity index (χ4n) is 1.19. The molecule has 0 aliphatic carbocycles. The molecule has 4 nitrogen and oxygen atoms in total. The summed E-state index contributed by atoms with van der Waals surface area (Å²) in [4.78, 5) is 10.6. The molecule has 0 bridgehead atoms. The number of methoxy groups -OCH3 is 2. The van der Waals surface area contributed by atoms with Gasteiger partial charge < -0.3 is 14.8 Å². The van der Waals surface area contributed by atoms with E-state index in [0.29, 0.717) is 18.0 Å². The molecule has 1 aromatic rings. The van der Waals surface area contributed by atoms with Crippen LogP contribution in [0.4, 0.5) is 0 Å². The third-order valence-electron chi connectivity index (χ3n) is 2.01. The molecule has 0 aliphatic rings. The monoisotopic (exact) mass is 233 g/mol. The van der Waals surface area contributed by atoms with Crippen LogP contribution in [0.15, 0.2) is 18.2 Å². The Kier molecular flexibility index (Phi) is 4.89. The fourth-order valence-corrected chi connectivity index (χ4v) is 1.19. The number of amides is 1. The minimum Gasteiger partial charge on any atom is -0.497 e. The molecule has 0 unspecified atom stereocenters. The zero-order valence-electron chi connectivity index (χ0n) is 10.2. The van der Waals surface area contributed by atoms with Gasteiger partial charge in [-0.3, -0.25) is 4.79 Å². The molecule has 1 rings (SSSR count). The van der Waals surface area contributed by atoms with Crippen LogP contribution in [-0.2, 0) is 4.79 Å². The van der Waals surface area contributed by atoms with Crippen molar-refractivity contribution in [3.63, 3.8) is 0 Å². The summed E-state index contributed by atoms with van der Waals surface area (Å²) in [5, 5.41) is 2.60. The van der Waals surface area contributed by atoms with Gasteiger partial charge in [0.25, 0.3) is 0 Å².